The monoisotopic (exact) mass is 296 g/mol. The molecule has 0 aliphatic heterocycles. The van der Waals surface area contributed by atoms with Crippen molar-refractivity contribution in [1.82, 2.24) is 10.6 Å². The molecule has 2 atom stereocenters. The van der Waals surface area contributed by atoms with Crippen LogP contribution in [0.3, 0.4) is 0 Å². The van der Waals surface area contributed by atoms with Gasteiger partial charge < -0.3 is 15.7 Å². The zero-order chi connectivity index (χ0) is 15.8. The highest BCUT2D eigenvalue weighted by Gasteiger charge is 2.16. The van der Waals surface area contributed by atoms with Gasteiger partial charge in [0.1, 0.15) is 12.2 Å². The van der Waals surface area contributed by atoms with E-state index in [0.29, 0.717) is 12.1 Å². The number of aliphatic hydroxyl groups is 1. The Morgan fingerprint density at radius 2 is 1.86 bits per heavy atom. The third-order valence-electron chi connectivity index (χ3n) is 2.93. The smallest absolute Gasteiger partial charge is 0.229 e. The van der Waals surface area contributed by atoms with Gasteiger partial charge in [-0.15, -0.1) is 0 Å². The molecule has 0 aliphatic rings. The summed E-state index contributed by atoms with van der Waals surface area (Å²) in [5.74, 6) is -1.09. The van der Waals surface area contributed by atoms with Crippen LogP contribution in [0.1, 0.15) is 38.4 Å². The van der Waals surface area contributed by atoms with Crippen molar-refractivity contribution < 1.29 is 19.1 Å². The molecule has 0 fully saturated rings. The van der Waals surface area contributed by atoms with Crippen LogP contribution in [0.4, 0.5) is 4.39 Å². The summed E-state index contributed by atoms with van der Waals surface area (Å²) >= 11 is 0. The molecule has 1 aromatic rings. The number of amides is 2. The molecule has 3 N–H and O–H groups in total. The maximum Gasteiger partial charge on any atom is 0.229 e. The number of carbonyl (C=O) groups excluding carboxylic acids is 2. The highest BCUT2D eigenvalue weighted by molar-refractivity contribution is 5.96. The highest BCUT2D eigenvalue weighted by atomic mass is 19.1. The summed E-state index contributed by atoms with van der Waals surface area (Å²) in [6, 6.07) is 5.26. The maximum absolute atomic E-state index is 12.8. The van der Waals surface area contributed by atoms with Crippen molar-refractivity contribution in [2.45, 2.75) is 38.8 Å². The maximum atomic E-state index is 12.8. The number of hydrogen-bond acceptors (Lipinski definition) is 3. The van der Waals surface area contributed by atoms with Gasteiger partial charge in [0.2, 0.25) is 11.8 Å². The quantitative estimate of drug-likeness (QED) is 0.663. The molecule has 2 unspecified atom stereocenters. The molecule has 0 saturated heterocycles. The second-order valence-electron chi connectivity index (χ2n) is 4.90. The van der Waals surface area contributed by atoms with Gasteiger partial charge in [0.15, 0.2) is 0 Å². The number of aliphatic hydroxyl groups excluding tert-OH is 1. The molecule has 0 aromatic heterocycles. The van der Waals surface area contributed by atoms with Gasteiger partial charge in [0, 0.05) is 12.6 Å². The fraction of sp³-hybridized carbons (Fsp3) is 0.467. The number of hydrogen-bond donors (Lipinski definition) is 3. The summed E-state index contributed by atoms with van der Waals surface area (Å²) < 4.78 is 12.8. The van der Waals surface area contributed by atoms with Crippen molar-refractivity contribution in [3.05, 3.63) is 35.6 Å². The van der Waals surface area contributed by atoms with Crippen LogP contribution in [-0.4, -0.2) is 29.5 Å². The number of carbonyl (C=O) groups is 2. The minimum absolute atomic E-state index is 0.231. The zero-order valence-corrected chi connectivity index (χ0v) is 12.2. The van der Waals surface area contributed by atoms with Crippen molar-refractivity contribution >= 4 is 11.8 Å². The number of halogens is 1. The van der Waals surface area contributed by atoms with Gasteiger partial charge in [-0.1, -0.05) is 12.1 Å². The van der Waals surface area contributed by atoms with Gasteiger partial charge >= 0.3 is 0 Å². The van der Waals surface area contributed by atoms with Crippen LogP contribution in [0, 0.1) is 5.82 Å². The van der Waals surface area contributed by atoms with E-state index >= 15 is 0 Å². The molecule has 0 aliphatic carbocycles. The Morgan fingerprint density at radius 3 is 2.43 bits per heavy atom. The lowest BCUT2D eigenvalue weighted by Gasteiger charge is -2.18. The molecule has 21 heavy (non-hydrogen) atoms. The SMILES string of the molecule is CCNC(=O)CC(=O)NC(C)CC(O)c1ccc(F)cc1. The molecule has 1 rings (SSSR count). The fourth-order valence-electron chi connectivity index (χ4n) is 1.95. The molecule has 0 bridgehead atoms. The molecular weight excluding hydrogens is 275 g/mol. The van der Waals surface area contributed by atoms with Gasteiger partial charge in [-0.25, -0.2) is 4.39 Å². The van der Waals surface area contributed by atoms with Crippen molar-refractivity contribution in [2.24, 2.45) is 0 Å². The summed E-state index contributed by atoms with van der Waals surface area (Å²) in [6.07, 6.45) is -0.747. The summed E-state index contributed by atoms with van der Waals surface area (Å²) in [7, 11) is 0. The van der Waals surface area contributed by atoms with E-state index in [1.165, 1.54) is 24.3 Å². The Balaban J connectivity index is 2.42. The number of rotatable bonds is 7. The van der Waals surface area contributed by atoms with Gasteiger partial charge in [0.25, 0.3) is 0 Å². The predicted octanol–water partition coefficient (Wildman–Crippen LogP) is 1.28. The van der Waals surface area contributed by atoms with E-state index in [1.54, 1.807) is 13.8 Å². The molecule has 6 heteroatoms. The second-order valence-corrected chi connectivity index (χ2v) is 4.90. The summed E-state index contributed by atoms with van der Waals surface area (Å²) in [6.45, 7) is 3.99. The van der Waals surface area contributed by atoms with Crippen LogP contribution in [0.2, 0.25) is 0 Å². The van der Waals surface area contributed by atoms with E-state index in [1.807, 2.05) is 0 Å². The van der Waals surface area contributed by atoms with Crippen LogP contribution in [-0.2, 0) is 9.59 Å². The lowest BCUT2D eigenvalue weighted by Crippen LogP contribution is -2.37. The minimum atomic E-state index is -0.801. The molecular formula is C15H21FN2O3. The molecule has 116 valence electrons. The third kappa shape index (κ3) is 6.35. The highest BCUT2D eigenvalue weighted by Crippen LogP contribution is 2.18. The molecule has 0 saturated carbocycles. The number of nitrogens with one attached hydrogen (secondary N) is 2. The lowest BCUT2D eigenvalue weighted by atomic mass is 10.0. The second kappa shape index (κ2) is 8.36. The normalized spacial score (nSPS) is 13.3. The lowest BCUT2D eigenvalue weighted by molar-refractivity contribution is -0.129. The van der Waals surface area contributed by atoms with E-state index in [-0.39, 0.29) is 36.5 Å². The molecule has 5 nitrogen and oxygen atoms in total. The van der Waals surface area contributed by atoms with E-state index in [2.05, 4.69) is 10.6 Å². The van der Waals surface area contributed by atoms with Crippen LogP contribution >= 0.6 is 0 Å². The minimum Gasteiger partial charge on any atom is -0.388 e. The number of benzene rings is 1. The average Bonchev–Trinajstić information content (AvgIpc) is 2.38. The van der Waals surface area contributed by atoms with Gasteiger partial charge in [-0.3, -0.25) is 9.59 Å². The van der Waals surface area contributed by atoms with E-state index in [0.717, 1.165) is 0 Å². The van der Waals surface area contributed by atoms with Crippen molar-refractivity contribution in [1.29, 1.82) is 0 Å². The standard InChI is InChI=1S/C15H21FN2O3/c1-3-17-14(20)9-15(21)18-10(2)8-13(19)11-4-6-12(16)7-5-11/h4-7,10,13,19H,3,8-9H2,1-2H3,(H,17,20)(H,18,21). The van der Waals surface area contributed by atoms with Crippen molar-refractivity contribution in [3.63, 3.8) is 0 Å². The predicted molar refractivity (Wildman–Crippen MR) is 76.9 cm³/mol. The first-order chi connectivity index (χ1) is 9.92. The van der Waals surface area contributed by atoms with E-state index in [9.17, 15) is 19.1 Å². The van der Waals surface area contributed by atoms with Crippen molar-refractivity contribution in [2.75, 3.05) is 6.54 Å². The Labute approximate surface area is 123 Å². The summed E-state index contributed by atoms with van der Waals surface area (Å²) in [4.78, 5) is 22.9. The van der Waals surface area contributed by atoms with Gasteiger partial charge in [-0.05, 0) is 38.0 Å². The first-order valence-corrected chi connectivity index (χ1v) is 6.92. The molecule has 0 radical (unpaired) electrons. The van der Waals surface area contributed by atoms with Crippen LogP contribution in [0.5, 0.6) is 0 Å². The topological polar surface area (TPSA) is 78.4 Å². The summed E-state index contributed by atoms with van der Waals surface area (Å²) in [5.41, 5.74) is 0.584. The van der Waals surface area contributed by atoms with Crippen molar-refractivity contribution in [3.8, 4) is 0 Å². The summed E-state index contributed by atoms with van der Waals surface area (Å²) in [5, 5.41) is 15.2. The van der Waals surface area contributed by atoms with E-state index in [4.69, 9.17) is 0 Å². The third-order valence-corrected chi connectivity index (χ3v) is 2.93. The van der Waals surface area contributed by atoms with Crippen LogP contribution in [0.25, 0.3) is 0 Å². The largest absolute Gasteiger partial charge is 0.388 e. The Bertz CT molecular complexity index is 476. The van der Waals surface area contributed by atoms with Crippen LogP contribution in [0.15, 0.2) is 24.3 Å². The fourth-order valence-corrected chi connectivity index (χ4v) is 1.95. The van der Waals surface area contributed by atoms with E-state index < -0.39 is 6.10 Å². The zero-order valence-electron chi connectivity index (χ0n) is 12.2. The van der Waals surface area contributed by atoms with Gasteiger partial charge in [-0.2, -0.15) is 0 Å². The molecule has 0 spiro atoms. The first-order valence-electron chi connectivity index (χ1n) is 6.92. The molecule has 1 aromatic carbocycles. The van der Waals surface area contributed by atoms with Crippen LogP contribution < -0.4 is 10.6 Å². The Morgan fingerprint density at radius 1 is 1.24 bits per heavy atom. The average molecular weight is 296 g/mol. The molecule has 0 heterocycles. The Hall–Kier alpha value is -1.95. The Kier molecular flexibility index (Phi) is 6.81. The molecule has 2 amide bonds. The van der Waals surface area contributed by atoms with Gasteiger partial charge in [0.05, 0.1) is 6.10 Å². The first kappa shape index (κ1) is 17.1.